The maximum Gasteiger partial charge on any atom is 0.309 e. The Labute approximate surface area is 135 Å². The molecular formula is C16H23N3O4. The van der Waals surface area contributed by atoms with Crippen LogP contribution in [-0.4, -0.2) is 48.8 Å². The van der Waals surface area contributed by atoms with Gasteiger partial charge in [0.05, 0.1) is 11.8 Å². The molecule has 1 aliphatic heterocycles. The summed E-state index contributed by atoms with van der Waals surface area (Å²) >= 11 is 0. The lowest BCUT2D eigenvalue weighted by Gasteiger charge is -2.31. The number of carbonyl (C=O) groups excluding carboxylic acids is 3. The molecule has 0 saturated carbocycles. The number of nitrogens with zero attached hydrogens (tertiary/aromatic N) is 1. The Morgan fingerprint density at radius 1 is 1.22 bits per heavy atom. The summed E-state index contributed by atoms with van der Waals surface area (Å²) in [6, 6.07) is 1.66. The van der Waals surface area contributed by atoms with Crippen molar-refractivity contribution < 1.29 is 18.8 Å². The molecule has 7 heteroatoms. The fourth-order valence-electron chi connectivity index (χ4n) is 2.55. The quantitative estimate of drug-likeness (QED) is 0.784. The van der Waals surface area contributed by atoms with E-state index in [0.717, 1.165) is 19.3 Å². The van der Waals surface area contributed by atoms with E-state index in [4.69, 9.17) is 4.42 Å². The molecule has 0 aromatic carbocycles. The van der Waals surface area contributed by atoms with Crippen LogP contribution in [0.15, 0.2) is 23.0 Å². The number of amides is 3. The van der Waals surface area contributed by atoms with E-state index in [2.05, 4.69) is 10.6 Å². The maximum atomic E-state index is 12.2. The fraction of sp³-hybridized carbons (Fsp3) is 0.562. The van der Waals surface area contributed by atoms with E-state index >= 15 is 0 Å². The molecule has 1 aromatic heterocycles. The van der Waals surface area contributed by atoms with E-state index < -0.39 is 11.8 Å². The molecule has 0 spiro atoms. The summed E-state index contributed by atoms with van der Waals surface area (Å²) in [5, 5.41) is 5.21. The van der Waals surface area contributed by atoms with Crippen molar-refractivity contribution in [3.05, 3.63) is 24.2 Å². The van der Waals surface area contributed by atoms with Crippen LogP contribution in [0, 0.1) is 5.92 Å². The van der Waals surface area contributed by atoms with Crippen LogP contribution < -0.4 is 10.6 Å². The van der Waals surface area contributed by atoms with Gasteiger partial charge in [-0.2, -0.15) is 0 Å². The van der Waals surface area contributed by atoms with Crippen molar-refractivity contribution in [3.8, 4) is 0 Å². The number of hydrogen-bond acceptors (Lipinski definition) is 4. The van der Waals surface area contributed by atoms with Crippen LogP contribution in [0.3, 0.4) is 0 Å². The summed E-state index contributed by atoms with van der Waals surface area (Å²) in [6.07, 6.45) is 5.34. The first kappa shape index (κ1) is 17.1. The predicted molar refractivity (Wildman–Crippen MR) is 83.6 cm³/mol. The van der Waals surface area contributed by atoms with Gasteiger partial charge in [-0.05, 0) is 31.2 Å². The fourth-order valence-corrected chi connectivity index (χ4v) is 2.55. The average Bonchev–Trinajstić information content (AvgIpc) is 3.11. The Morgan fingerprint density at radius 2 is 1.91 bits per heavy atom. The molecule has 0 aliphatic carbocycles. The highest BCUT2D eigenvalue weighted by atomic mass is 16.3. The molecule has 0 bridgehead atoms. The molecule has 1 saturated heterocycles. The van der Waals surface area contributed by atoms with Gasteiger partial charge in [0.2, 0.25) is 0 Å². The average molecular weight is 321 g/mol. The number of hydrogen-bond donors (Lipinski definition) is 2. The number of furan rings is 1. The van der Waals surface area contributed by atoms with Gasteiger partial charge in [-0.3, -0.25) is 14.4 Å². The Kier molecular flexibility index (Phi) is 6.19. The summed E-state index contributed by atoms with van der Waals surface area (Å²) < 4.78 is 4.93. The highest BCUT2D eigenvalue weighted by Gasteiger charge is 2.25. The zero-order valence-corrected chi connectivity index (χ0v) is 13.3. The molecule has 2 N–H and O–H groups in total. The van der Waals surface area contributed by atoms with Gasteiger partial charge in [0, 0.05) is 26.2 Å². The molecule has 23 heavy (non-hydrogen) atoms. The van der Waals surface area contributed by atoms with Gasteiger partial charge in [-0.15, -0.1) is 0 Å². The zero-order chi connectivity index (χ0) is 16.7. The lowest BCUT2D eigenvalue weighted by molar-refractivity contribution is -0.139. The number of carbonyl (C=O) groups is 3. The second-order valence-corrected chi connectivity index (χ2v) is 5.71. The first-order chi connectivity index (χ1) is 11.1. The SMILES string of the molecule is CCCNC(=O)C(=O)NCC1CCN(C(=O)c2ccoc2)CC1. The second kappa shape index (κ2) is 8.36. The number of nitrogens with one attached hydrogen (secondary N) is 2. The van der Waals surface area contributed by atoms with Crippen LogP contribution in [-0.2, 0) is 9.59 Å². The van der Waals surface area contributed by atoms with E-state index in [1.54, 1.807) is 11.0 Å². The molecular weight excluding hydrogens is 298 g/mol. The number of likely N-dealkylation sites (tertiary alicyclic amines) is 1. The summed E-state index contributed by atoms with van der Waals surface area (Å²) in [7, 11) is 0. The summed E-state index contributed by atoms with van der Waals surface area (Å²) in [5.41, 5.74) is 0.560. The summed E-state index contributed by atoms with van der Waals surface area (Å²) in [6.45, 7) is 4.18. The van der Waals surface area contributed by atoms with E-state index in [1.807, 2.05) is 6.92 Å². The second-order valence-electron chi connectivity index (χ2n) is 5.71. The lowest BCUT2D eigenvalue weighted by Crippen LogP contribution is -2.44. The summed E-state index contributed by atoms with van der Waals surface area (Å²) in [5.74, 6) is -0.915. The Morgan fingerprint density at radius 3 is 2.52 bits per heavy atom. The van der Waals surface area contributed by atoms with Gasteiger partial charge in [-0.1, -0.05) is 6.92 Å². The number of rotatable bonds is 5. The standard InChI is InChI=1S/C16H23N3O4/c1-2-6-17-14(20)15(21)18-10-12-3-7-19(8-4-12)16(22)13-5-9-23-11-13/h5,9,11-12H,2-4,6-8,10H2,1H3,(H,17,20)(H,18,21). The van der Waals surface area contributed by atoms with E-state index in [0.29, 0.717) is 31.7 Å². The Hall–Kier alpha value is -2.31. The van der Waals surface area contributed by atoms with Gasteiger partial charge in [0.15, 0.2) is 0 Å². The van der Waals surface area contributed by atoms with Crippen LogP contribution >= 0.6 is 0 Å². The van der Waals surface area contributed by atoms with E-state index in [-0.39, 0.29) is 11.8 Å². The smallest absolute Gasteiger partial charge is 0.309 e. The third kappa shape index (κ3) is 4.84. The molecule has 0 atom stereocenters. The van der Waals surface area contributed by atoms with Crippen molar-refractivity contribution in [2.24, 2.45) is 5.92 Å². The topological polar surface area (TPSA) is 91.7 Å². The molecule has 126 valence electrons. The molecule has 2 rings (SSSR count). The minimum Gasteiger partial charge on any atom is -0.472 e. The van der Waals surface area contributed by atoms with Gasteiger partial charge in [0.1, 0.15) is 6.26 Å². The molecule has 7 nitrogen and oxygen atoms in total. The van der Waals surface area contributed by atoms with Crippen LogP contribution in [0.25, 0.3) is 0 Å². The Balaban J connectivity index is 1.69. The third-order valence-corrected chi connectivity index (χ3v) is 3.96. The van der Waals surface area contributed by atoms with Crippen molar-refractivity contribution in [3.63, 3.8) is 0 Å². The minimum absolute atomic E-state index is 0.0276. The lowest BCUT2D eigenvalue weighted by atomic mass is 9.96. The molecule has 1 aliphatic rings. The minimum atomic E-state index is -0.588. The van der Waals surface area contributed by atoms with Crippen LogP contribution in [0.1, 0.15) is 36.5 Å². The van der Waals surface area contributed by atoms with Crippen molar-refractivity contribution in [1.82, 2.24) is 15.5 Å². The molecule has 3 amide bonds. The predicted octanol–water partition coefficient (Wildman–Crippen LogP) is 0.774. The van der Waals surface area contributed by atoms with Crippen molar-refractivity contribution in [2.45, 2.75) is 26.2 Å². The first-order valence-corrected chi connectivity index (χ1v) is 7.99. The zero-order valence-electron chi connectivity index (χ0n) is 13.3. The molecule has 1 fully saturated rings. The highest BCUT2D eigenvalue weighted by molar-refractivity contribution is 6.35. The summed E-state index contributed by atoms with van der Waals surface area (Å²) in [4.78, 5) is 37.0. The van der Waals surface area contributed by atoms with Crippen molar-refractivity contribution >= 4 is 17.7 Å². The Bertz CT molecular complexity index is 534. The van der Waals surface area contributed by atoms with Crippen LogP contribution in [0.5, 0.6) is 0 Å². The largest absolute Gasteiger partial charge is 0.472 e. The van der Waals surface area contributed by atoms with E-state index in [1.165, 1.54) is 12.5 Å². The van der Waals surface area contributed by atoms with Crippen LogP contribution in [0.2, 0.25) is 0 Å². The molecule has 0 unspecified atom stereocenters. The van der Waals surface area contributed by atoms with Gasteiger partial charge < -0.3 is 20.0 Å². The van der Waals surface area contributed by atoms with E-state index in [9.17, 15) is 14.4 Å². The van der Waals surface area contributed by atoms with Crippen molar-refractivity contribution in [1.29, 1.82) is 0 Å². The maximum absolute atomic E-state index is 12.2. The monoisotopic (exact) mass is 321 g/mol. The normalized spacial score (nSPS) is 15.3. The molecule has 1 aromatic rings. The van der Waals surface area contributed by atoms with Gasteiger partial charge in [0.25, 0.3) is 5.91 Å². The number of piperidine rings is 1. The molecule has 2 heterocycles. The molecule has 0 radical (unpaired) electrons. The van der Waals surface area contributed by atoms with Gasteiger partial charge in [-0.25, -0.2) is 0 Å². The third-order valence-electron chi connectivity index (χ3n) is 3.96. The van der Waals surface area contributed by atoms with Crippen LogP contribution in [0.4, 0.5) is 0 Å². The first-order valence-electron chi connectivity index (χ1n) is 7.99. The highest BCUT2D eigenvalue weighted by Crippen LogP contribution is 2.18. The van der Waals surface area contributed by atoms with Crippen molar-refractivity contribution in [2.75, 3.05) is 26.2 Å². The van der Waals surface area contributed by atoms with Gasteiger partial charge >= 0.3 is 11.8 Å².